The summed E-state index contributed by atoms with van der Waals surface area (Å²) < 4.78 is 4.98. The van der Waals surface area contributed by atoms with Gasteiger partial charge in [-0.15, -0.1) is 0 Å². The van der Waals surface area contributed by atoms with Gasteiger partial charge >= 0.3 is 5.91 Å². The highest BCUT2D eigenvalue weighted by Gasteiger charge is 2.11. The summed E-state index contributed by atoms with van der Waals surface area (Å²) in [6.07, 6.45) is 0. The molecule has 0 aromatic heterocycles. The second kappa shape index (κ2) is 5.59. The molecule has 0 aliphatic carbocycles. The van der Waals surface area contributed by atoms with Crippen molar-refractivity contribution < 1.29 is 9.53 Å². The minimum absolute atomic E-state index is 0.249. The van der Waals surface area contributed by atoms with Crippen LogP contribution in [0.15, 0.2) is 12.1 Å². The molecule has 0 heterocycles. The van der Waals surface area contributed by atoms with Crippen LogP contribution in [0.3, 0.4) is 0 Å². The van der Waals surface area contributed by atoms with E-state index in [1.165, 1.54) is 19.2 Å². The summed E-state index contributed by atoms with van der Waals surface area (Å²) in [5.41, 5.74) is 0.372. The SMILES string of the molecule is [C-]#[N+]CC(=O)Nc1cc(OC)c(Cl)cc1Cl. The van der Waals surface area contributed by atoms with Crippen molar-refractivity contribution in [3.05, 3.63) is 33.6 Å². The van der Waals surface area contributed by atoms with Gasteiger partial charge in [0.25, 0.3) is 6.54 Å². The molecule has 1 rings (SSSR count). The van der Waals surface area contributed by atoms with E-state index in [0.717, 1.165) is 0 Å². The van der Waals surface area contributed by atoms with E-state index in [4.69, 9.17) is 34.5 Å². The highest BCUT2D eigenvalue weighted by Crippen LogP contribution is 2.33. The summed E-state index contributed by atoms with van der Waals surface area (Å²) in [6.45, 7) is 6.30. The van der Waals surface area contributed by atoms with Crippen LogP contribution in [0.5, 0.6) is 5.75 Å². The summed E-state index contributed by atoms with van der Waals surface area (Å²) in [5.74, 6) is -0.0227. The quantitative estimate of drug-likeness (QED) is 0.848. The lowest BCUT2D eigenvalue weighted by molar-refractivity contribution is -0.114. The first-order valence-electron chi connectivity index (χ1n) is 4.24. The smallest absolute Gasteiger partial charge is 0.304 e. The van der Waals surface area contributed by atoms with Crippen LogP contribution in [-0.4, -0.2) is 19.6 Å². The van der Waals surface area contributed by atoms with Gasteiger partial charge < -0.3 is 14.9 Å². The summed E-state index contributed by atoms with van der Waals surface area (Å²) in [4.78, 5) is 14.2. The first kappa shape index (κ1) is 12.6. The van der Waals surface area contributed by atoms with Gasteiger partial charge in [-0.05, 0) is 6.07 Å². The molecule has 6 heteroatoms. The number of halogens is 2. The van der Waals surface area contributed by atoms with Crippen molar-refractivity contribution >= 4 is 34.8 Å². The topological polar surface area (TPSA) is 42.7 Å². The zero-order chi connectivity index (χ0) is 12.1. The fourth-order valence-corrected chi connectivity index (χ4v) is 1.55. The molecule has 1 amide bonds. The molecule has 1 aromatic carbocycles. The Labute approximate surface area is 103 Å². The van der Waals surface area contributed by atoms with E-state index in [1.54, 1.807) is 0 Å². The Hall–Kier alpha value is -1.44. The van der Waals surface area contributed by atoms with Crippen LogP contribution in [0.1, 0.15) is 0 Å². The second-order valence-corrected chi connectivity index (χ2v) is 3.65. The maximum atomic E-state index is 11.2. The van der Waals surface area contributed by atoms with Crippen LogP contribution in [0.25, 0.3) is 4.85 Å². The monoisotopic (exact) mass is 258 g/mol. The van der Waals surface area contributed by atoms with Gasteiger partial charge in [-0.25, -0.2) is 6.57 Å². The zero-order valence-corrected chi connectivity index (χ0v) is 9.89. The van der Waals surface area contributed by atoms with Crippen LogP contribution in [-0.2, 0) is 4.79 Å². The number of nitrogens with zero attached hydrogens (tertiary/aromatic N) is 1. The number of benzene rings is 1. The molecule has 0 unspecified atom stereocenters. The number of carbonyl (C=O) groups is 1. The lowest BCUT2D eigenvalue weighted by Gasteiger charge is -2.08. The van der Waals surface area contributed by atoms with Gasteiger partial charge in [0.15, 0.2) is 0 Å². The molecule has 0 radical (unpaired) electrons. The molecule has 0 aliphatic rings. The lowest BCUT2D eigenvalue weighted by atomic mass is 10.3. The average Bonchev–Trinajstić information content (AvgIpc) is 2.22. The second-order valence-electron chi connectivity index (χ2n) is 2.83. The fourth-order valence-electron chi connectivity index (χ4n) is 1.04. The predicted octanol–water partition coefficient (Wildman–Crippen LogP) is 2.86. The van der Waals surface area contributed by atoms with E-state index in [0.29, 0.717) is 21.5 Å². The number of hydrogen-bond acceptors (Lipinski definition) is 2. The van der Waals surface area contributed by atoms with Crippen molar-refractivity contribution in [1.82, 2.24) is 0 Å². The molecule has 16 heavy (non-hydrogen) atoms. The van der Waals surface area contributed by atoms with Crippen LogP contribution in [0.4, 0.5) is 5.69 Å². The number of nitrogens with one attached hydrogen (secondary N) is 1. The number of hydrogen-bond donors (Lipinski definition) is 1. The van der Waals surface area contributed by atoms with Crippen LogP contribution < -0.4 is 10.1 Å². The molecule has 1 N–H and O–H groups in total. The predicted molar refractivity (Wildman–Crippen MR) is 63.1 cm³/mol. The van der Waals surface area contributed by atoms with Gasteiger partial charge in [0, 0.05) is 6.07 Å². The fraction of sp³-hybridized carbons (Fsp3) is 0.200. The zero-order valence-electron chi connectivity index (χ0n) is 8.38. The first-order chi connectivity index (χ1) is 7.58. The standard InChI is InChI=1S/C10H8Cl2N2O2/c1-13-5-10(15)14-8-4-9(16-2)7(12)3-6(8)11/h3-4H,5H2,2H3,(H,14,15). The van der Waals surface area contributed by atoms with E-state index in [2.05, 4.69) is 10.2 Å². The third-order valence-corrected chi connectivity index (χ3v) is 2.35. The van der Waals surface area contributed by atoms with Crippen molar-refractivity contribution in [2.45, 2.75) is 0 Å². The molecule has 0 bridgehead atoms. The number of anilines is 1. The number of carbonyl (C=O) groups excluding carboxylic acids is 1. The largest absolute Gasteiger partial charge is 0.495 e. The molecule has 1 aromatic rings. The number of amides is 1. The minimum Gasteiger partial charge on any atom is -0.495 e. The maximum absolute atomic E-state index is 11.2. The molecule has 0 saturated carbocycles. The van der Waals surface area contributed by atoms with Crippen molar-refractivity contribution in [3.63, 3.8) is 0 Å². The molecule has 0 fully saturated rings. The Morgan fingerprint density at radius 3 is 2.75 bits per heavy atom. The highest BCUT2D eigenvalue weighted by atomic mass is 35.5. The Morgan fingerprint density at radius 2 is 2.19 bits per heavy atom. The van der Waals surface area contributed by atoms with Crippen LogP contribution >= 0.6 is 23.2 Å². The van der Waals surface area contributed by atoms with Crippen LogP contribution in [0.2, 0.25) is 10.0 Å². The molecule has 0 spiro atoms. The van der Waals surface area contributed by atoms with Gasteiger partial charge in [0.1, 0.15) is 5.75 Å². The summed E-state index contributed by atoms with van der Waals surface area (Å²) in [5, 5.41) is 3.14. The Balaban J connectivity index is 2.96. The Morgan fingerprint density at radius 1 is 1.50 bits per heavy atom. The van der Waals surface area contributed by atoms with Crippen LogP contribution in [0, 0.1) is 6.57 Å². The van der Waals surface area contributed by atoms with E-state index >= 15 is 0 Å². The molecular weight excluding hydrogens is 251 g/mol. The summed E-state index contributed by atoms with van der Waals surface area (Å²) in [6, 6.07) is 2.97. The summed E-state index contributed by atoms with van der Waals surface area (Å²) >= 11 is 11.7. The third kappa shape index (κ3) is 3.02. The molecule has 0 saturated heterocycles. The lowest BCUT2D eigenvalue weighted by Crippen LogP contribution is -2.14. The number of rotatable bonds is 3. The maximum Gasteiger partial charge on any atom is 0.304 e. The molecular formula is C10H8Cl2N2O2. The van der Waals surface area contributed by atoms with Gasteiger partial charge in [0.2, 0.25) is 0 Å². The average molecular weight is 259 g/mol. The molecule has 84 valence electrons. The first-order valence-corrected chi connectivity index (χ1v) is 5.00. The number of methoxy groups -OCH3 is 1. The van der Waals surface area contributed by atoms with E-state index in [9.17, 15) is 4.79 Å². The van der Waals surface area contributed by atoms with Gasteiger partial charge in [-0.3, -0.25) is 4.79 Å². The van der Waals surface area contributed by atoms with Crippen molar-refractivity contribution in [2.75, 3.05) is 19.0 Å². The van der Waals surface area contributed by atoms with Crippen molar-refractivity contribution in [3.8, 4) is 5.75 Å². The highest BCUT2D eigenvalue weighted by molar-refractivity contribution is 6.37. The van der Waals surface area contributed by atoms with E-state index in [-0.39, 0.29) is 6.54 Å². The van der Waals surface area contributed by atoms with Gasteiger partial charge in [0.05, 0.1) is 22.8 Å². The van der Waals surface area contributed by atoms with E-state index in [1.807, 2.05) is 0 Å². The van der Waals surface area contributed by atoms with Gasteiger partial charge in [-0.2, -0.15) is 0 Å². The molecule has 0 aliphatic heterocycles. The van der Waals surface area contributed by atoms with Gasteiger partial charge in [-0.1, -0.05) is 23.2 Å². The Bertz CT molecular complexity index is 455. The normalized spacial score (nSPS) is 9.38. The molecule has 4 nitrogen and oxygen atoms in total. The summed E-state index contributed by atoms with van der Waals surface area (Å²) in [7, 11) is 1.46. The number of ether oxygens (including phenoxy) is 1. The van der Waals surface area contributed by atoms with Crippen molar-refractivity contribution in [1.29, 1.82) is 0 Å². The van der Waals surface area contributed by atoms with E-state index < -0.39 is 5.91 Å². The third-order valence-electron chi connectivity index (χ3n) is 1.74. The molecule has 0 atom stereocenters. The Kier molecular flexibility index (Phi) is 4.41. The minimum atomic E-state index is -0.429. The van der Waals surface area contributed by atoms with Crippen molar-refractivity contribution in [2.24, 2.45) is 0 Å².